The van der Waals surface area contributed by atoms with Gasteiger partial charge in [0.2, 0.25) is 0 Å². The molecular weight excluding hydrogens is 218 g/mol. The van der Waals surface area contributed by atoms with Crippen LogP contribution in [0.4, 0.5) is 0 Å². The average Bonchev–Trinajstić information content (AvgIpc) is 2.29. The van der Waals surface area contributed by atoms with Crippen LogP contribution in [0.1, 0.15) is 13.8 Å². The van der Waals surface area contributed by atoms with E-state index in [4.69, 9.17) is 5.73 Å². The molecule has 0 aliphatic carbocycles. The Hall–Kier alpha value is -1.13. The van der Waals surface area contributed by atoms with E-state index in [1.165, 1.54) is 0 Å². The van der Waals surface area contributed by atoms with Gasteiger partial charge < -0.3 is 5.73 Å². The molecule has 4 heteroatoms. The monoisotopic (exact) mass is 233 g/mol. The number of para-hydroxylation sites is 1. The highest BCUT2D eigenvalue weighted by molar-refractivity contribution is 8.00. The van der Waals surface area contributed by atoms with Gasteiger partial charge in [-0.05, 0) is 19.9 Å². The van der Waals surface area contributed by atoms with E-state index in [2.05, 4.69) is 23.8 Å². The van der Waals surface area contributed by atoms with Crippen LogP contribution in [0, 0.1) is 0 Å². The fourth-order valence-corrected chi connectivity index (χ4v) is 2.35. The number of rotatable bonds is 3. The molecule has 2 rings (SSSR count). The molecule has 0 spiro atoms. The lowest BCUT2D eigenvalue weighted by Gasteiger charge is -2.21. The predicted octanol–water partition coefficient (Wildman–Crippen LogP) is 2.46. The highest BCUT2D eigenvalue weighted by Crippen LogP contribution is 2.33. The average molecular weight is 233 g/mol. The van der Waals surface area contributed by atoms with E-state index in [0.717, 1.165) is 15.9 Å². The van der Waals surface area contributed by atoms with Crippen molar-refractivity contribution in [1.82, 2.24) is 9.97 Å². The summed E-state index contributed by atoms with van der Waals surface area (Å²) in [5.74, 6) is 0. The summed E-state index contributed by atoms with van der Waals surface area (Å²) in [7, 11) is 0. The zero-order valence-electron chi connectivity index (χ0n) is 9.47. The molecule has 0 saturated carbocycles. The Morgan fingerprint density at radius 3 is 2.75 bits per heavy atom. The molecule has 0 amide bonds. The first kappa shape index (κ1) is 11.4. The molecule has 0 aliphatic rings. The molecule has 2 N–H and O–H groups in total. The fourth-order valence-electron chi connectivity index (χ4n) is 1.36. The fraction of sp³-hybridized carbons (Fsp3) is 0.333. The largest absolute Gasteiger partial charge is 0.329 e. The number of fused-ring (bicyclic) bond motifs is 1. The normalized spacial score (nSPS) is 11.9. The number of thioether (sulfide) groups is 1. The number of nitrogens with two attached hydrogens (primary N) is 1. The molecular formula is C12H15N3S. The molecule has 0 fully saturated rings. The van der Waals surface area contributed by atoms with Crippen molar-refractivity contribution >= 4 is 22.7 Å². The smallest absolute Gasteiger partial charge is 0.117 e. The highest BCUT2D eigenvalue weighted by atomic mass is 32.2. The highest BCUT2D eigenvalue weighted by Gasteiger charge is 2.19. The van der Waals surface area contributed by atoms with E-state index >= 15 is 0 Å². The first-order chi connectivity index (χ1) is 7.62. The third-order valence-electron chi connectivity index (χ3n) is 2.37. The van der Waals surface area contributed by atoms with E-state index in [1.54, 1.807) is 18.1 Å². The summed E-state index contributed by atoms with van der Waals surface area (Å²) >= 11 is 1.70. The summed E-state index contributed by atoms with van der Waals surface area (Å²) in [6, 6.07) is 8.03. The van der Waals surface area contributed by atoms with Crippen molar-refractivity contribution < 1.29 is 0 Å². The predicted molar refractivity (Wildman–Crippen MR) is 68.5 cm³/mol. The van der Waals surface area contributed by atoms with Crippen molar-refractivity contribution in [2.24, 2.45) is 5.73 Å². The molecule has 0 atom stereocenters. The van der Waals surface area contributed by atoms with Crippen LogP contribution in [0.25, 0.3) is 10.9 Å². The van der Waals surface area contributed by atoms with Crippen LogP contribution in [0.3, 0.4) is 0 Å². The molecule has 2 aromatic rings. The van der Waals surface area contributed by atoms with Crippen molar-refractivity contribution in [2.75, 3.05) is 6.54 Å². The van der Waals surface area contributed by atoms with E-state index < -0.39 is 0 Å². The number of hydrogen-bond acceptors (Lipinski definition) is 4. The summed E-state index contributed by atoms with van der Waals surface area (Å²) in [4.78, 5) is 8.58. The second-order valence-corrected chi connectivity index (χ2v) is 5.96. The maximum Gasteiger partial charge on any atom is 0.117 e. The van der Waals surface area contributed by atoms with E-state index in [9.17, 15) is 0 Å². The van der Waals surface area contributed by atoms with Gasteiger partial charge in [0.15, 0.2) is 0 Å². The van der Waals surface area contributed by atoms with Crippen LogP contribution in [-0.2, 0) is 0 Å². The first-order valence-corrected chi connectivity index (χ1v) is 6.03. The van der Waals surface area contributed by atoms with E-state index in [1.807, 2.05) is 24.3 Å². The Kier molecular flexibility index (Phi) is 3.12. The third kappa shape index (κ3) is 2.33. The molecule has 0 bridgehead atoms. The summed E-state index contributed by atoms with van der Waals surface area (Å²) in [5, 5.41) is 2.09. The van der Waals surface area contributed by atoms with Crippen molar-refractivity contribution in [2.45, 2.75) is 23.6 Å². The maximum absolute atomic E-state index is 5.73. The van der Waals surface area contributed by atoms with Gasteiger partial charge >= 0.3 is 0 Å². The first-order valence-electron chi connectivity index (χ1n) is 5.21. The Bertz CT molecular complexity index is 491. The minimum Gasteiger partial charge on any atom is -0.329 e. The lowest BCUT2D eigenvalue weighted by molar-refractivity contribution is 0.721. The van der Waals surface area contributed by atoms with Crippen LogP contribution < -0.4 is 5.73 Å². The van der Waals surface area contributed by atoms with Gasteiger partial charge in [-0.3, -0.25) is 0 Å². The number of hydrogen-bond donors (Lipinski definition) is 1. The maximum atomic E-state index is 5.73. The van der Waals surface area contributed by atoms with Crippen LogP contribution in [0.15, 0.2) is 35.6 Å². The Labute approximate surface area is 99.5 Å². The minimum absolute atomic E-state index is 0.00285. The van der Waals surface area contributed by atoms with Gasteiger partial charge in [0.1, 0.15) is 11.4 Å². The standard InChI is InChI=1S/C12H15N3S/c1-12(2,7-13)16-11-9-5-3-4-6-10(9)14-8-15-11/h3-6,8H,7,13H2,1-2H3. The molecule has 0 radical (unpaired) electrons. The van der Waals surface area contributed by atoms with Crippen molar-refractivity contribution in [3.63, 3.8) is 0 Å². The number of aromatic nitrogens is 2. The van der Waals surface area contributed by atoms with Crippen molar-refractivity contribution in [3.8, 4) is 0 Å². The van der Waals surface area contributed by atoms with Crippen molar-refractivity contribution in [3.05, 3.63) is 30.6 Å². The van der Waals surface area contributed by atoms with E-state index in [0.29, 0.717) is 6.54 Å². The van der Waals surface area contributed by atoms with Gasteiger partial charge in [-0.2, -0.15) is 0 Å². The van der Waals surface area contributed by atoms with Gasteiger partial charge in [0.05, 0.1) is 5.52 Å². The van der Waals surface area contributed by atoms with Gasteiger partial charge in [-0.25, -0.2) is 9.97 Å². The van der Waals surface area contributed by atoms with Gasteiger partial charge in [-0.1, -0.05) is 30.0 Å². The molecule has 0 saturated heterocycles. The molecule has 1 aromatic carbocycles. The molecule has 16 heavy (non-hydrogen) atoms. The van der Waals surface area contributed by atoms with Gasteiger partial charge in [0, 0.05) is 16.7 Å². The zero-order valence-corrected chi connectivity index (χ0v) is 10.3. The molecule has 1 aromatic heterocycles. The minimum atomic E-state index is -0.00285. The quantitative estimate of drug-likeness (QED) is 0.653. The van der Waals surface area contributed by atoms with Crippen LogP contribution in [0.5, 0.6) is 0 Å². The third-order valence-corrected chi connectivity index (χ3v) is 3.61. The van der Waals surface area contributed by atoms with Crippen LogP contribution >= 0.6 is 11.8 Å². The summed E-state index contributed by atoms with van der Waals surface area (Å²) in [6.07, 6.45) is 1.61. The molecule has 0 unspecified atom stereocenters. The Balaban J connectivity index is 2.45. The molecule has 84 valence electrons. The van der Waals surface area contributed by atoms with Crippen molar-refractivity contribution in [1.29, 1.82) is 0 Å². The van der Waals surface area contributed by atoms with Crippen LogP contribution in [-0.4, -0.2) is 21.3 Å². The molecule has 3 nitrogen and oxygen atoms in total. The summed E-state index contributed by atoms with van der Waals surface area (Å²) in [6.45, 7) is 4.86. The Morgan fingerprint density at radius 2 is 2.00 bits per heavy atom. The van der Waals surface area contributed by atoms with Gasteiger partial charge in [-0.15, -0.1) is 0 Å². The zero-order chi connectivity index (χ0) is 11.6. The second-order valence-electron chi connectivity index (χ2n) is 4.26. The van der Waals surface area contributed by atoms with Crippen LogP contribution in [0.2, 0.25) is 0 Å². The summed E-state index contributed by atoms with van der Waals surface area (Å²) < 4.78 is -0.00285. The summed E-state index contributed by atoms with van der Waals surface area (Å²) in [5.41, 5.74) is 6.71. The topological polar surface area (TPSA) is 51.8 Å². The number of nitrogens with zero attached hydrogens (tertiary/aromatic N) is 2. The van der Waals surface area contributed by atoms with E-state index in [-0.39, 0.29) is 4.75 Å². The lowest BCUT2D eigenvalue weighted by Crippen LogP contribution is -2.26. The SMILES string of the molecule is CC(C)(CN)Sc1ncnc2ccccc12. The second kappa shape index (κ2) is 4.39. The van der Waals surface area contributed by atoms with Gasteiger partial charge in [0.25, 0.3) is 0 Å². The Morgan fingerprint density at radius 1 is 1.25 bits per heavy atom. The lowest BCUT2D eigenvalue weighted by atomic mass is 10.2. The molecule has 1 heterocycles. The number of benzene rings is 1. The molecule has 0 aliphatic heterocycles.